The Morgan fingerprint density at radius 1 is 1.12 bits per heavy atom. The molecule has 1 fully saturated rings. The molecular weight excluding hydrogens is 320 g/mol. The fourth-order valence-corrected chi connectivity index (χ4v) is 3.80. The van der Waals surface area contributed by atoms with Crippen LogP contribution in [-0.2, 0) is 0 Å². The van der Waals surface area contributed by atoms with E-state index in [0.29, 0.717) is 5.69 Å². The second kappa shape index (κ2) is 6.03. The van der Waals surface area contributed by atoms with Crippen LogP contribution < -0.4 is 0 Å². The Morgan fingerprint density at radius 3 is 2.54 bits per heavy atom. The van der Waals surface area contributed by atoms with Gasteiger partial charge in [0.25, 0.3) is 5.91 Å². The van der Waals surface area contributed by atoms with E-state index in [1.165, 1.54) is 5.56 Å². The van der Waals surface area contributed by atoms with Crippen LogP contribution in [0.5, 0.6) is 0 Å². The zero-order chi connectivity index (χ0) is 16.7. The van der Waals surface area contributed by atoms with E-state index in [0.717, 1.165) is 42.4 Å². The van der Waals surface area contributed by atoms with Crippen molar-refractivity contribution >= 4 is 22.2 Å². The molecule has 1 aromatic carbocycles. The van der Waals surface area contributed by atoms with E-state index >= 15 is 0 Å². The number of fused-ring (bicyclic) bond motifs is 1. The molecule has 124 valence electrons. The van der Waals surface area contributed by atoms with Crippen LogP contribution in [0.1, 0.15) is 16.1 Å². The summed E-state index contributed by atoms with van der Waals surface area (Å²) in [5.74, 6) is 0.0366. The molecule has 1 amide bonds. The van der Waals surface area contributed by atoms with Crippen LogP contribution in [0.4, 0.5) is 0 Å². The molecule has 6 heteroatoms. The minimum Gasteiger partial charge on any atom is -0.335 e. The number of imidazole rings is 1. The van der Waals surface area contributed by atoms with Gasteiger partial charge in [-0.05, 0) is 14.0 Å². The van der Waals surface area contributed by atoms with Crippen molar-refractivity contribution in [3.63, 3.8) is 0 Å². The van der Waals surface area contributed by atoms with Gasteiger partial charge in [-0.2, -0.15) is 0 Å². The summed E-state index contributed by atoms with van der Waals surface area (Å²) in [6.07, 6.45) is 1.99. The van der Waals surface area contributed by atoms with Gasteiger partial charge >= 0.3 is 0 Å². The second-order valence-corrected chi connectivity index (χ2v) is 7.20. The highest BCUT2D eigenvalue weighted by Gasteiger charge is 2.27. The molecule has 2 aromatic heterocycles. The summed E-state index contributed by atoms with van der Waals surface area (Å²) in [5.41, 5.74) is 3.70. The normalized spacial score (nSPS) is 16.0. The number of hydrogen-bond donors (Lipinski definition) is 0. The van der Waals surface area contributed by atoms with Crippen molar-refractivity contribution in [2.24, 2.45) is 0 Å². The molecular formula is C18H20N4OS. The number of benzene rings is 1. The lowest BCUT2D eigenvalue weighted by atomic mass is 10.1. The number of aromatic nitrogens is 2. The molecule has 24 heavy (non-hydrogen) atoms. The number of aryl methyl sites for hydroxylation is 1. The number of hydrogen-bond acceptors (Lipinski definition) is 4. The number of thiazole rings is 1. The van der Waals surface area contributed by atoms with Crippen molar-refractivity contribution in [2.75, 3.05) is 33.2 Å². The average molecular weight is 340 g/mol. The number of nitrogens with zero attached hydrogens (tertiary/aromatic N) is 4. The van der Waals surface area contributed by atoms with Crippen molar-refractivity contribution in [2.45, 2.75) is 6.92 Å². The Hall–Kier alpha value is -2.18. The van der Waals surface area contributed by atoms with Crippen molar-refractivity contribution in [3.05, 3.63) is 47.1 Å². The number of piperazine rings is 1. The summed E-state index contributed by atoms with van der Waals surface area (Å²) in [4.78, 5) is 22.7. The van der Waals surface area contributed by atoms with Gasteiger partial charge in [-0.25, -0.2) is 4.98 Å². The van der Waals surface area contributed by atoms with Gasteiger partial charge in [0.15, 0.2) is 10.7 Å². The standard InChI is InChI=1S/C18H20N4OS/c1-13-3-5-14(6-4-13)16-15(19-18-22(16)11-12-24-18)17(23)21-9-7-20(2)8-10-21/h3-6,11-12H,7-10H2,1-2H3. The molecule has 0 saturated carbocycles. The second-order valence-electron chi connectivity index (χ2n) is 6.33. The minimum absolute atomic E-state index is 0.0366. The topological polar surface area (TPSA) is 40.9 Å². The Kier molecular flexibility index (Phi) is 3.86. The highest BCUT2D eigenvalue weighted by atomic mass is 32.1. The van der Waals surface area contributed by atoms with E-state index in [1.54, 1.807) is 11.3 Å². The molecule has 1 aliphatic heterocycles. The third-order valence-electron chi connectivity index (χ3n) is 4.58. The SMILES string of the molecule is Cc1ccc(-c2c(C(=O)N3CCN(C)CC3)nc3sccn23)cc1. The summed E-state index contributed by atoms with van der Waals surface area (Å²) < 4.78 is 2.03. The molecule has 3 aromatic rings. The quantitative estimate of drug-likeness (QED) is 0.720. The molecule has 0 radical (unpaired) electrons. The summed E-state index contributed by atoms with van der Waals surface area (Å²) in [6, 6.07) is 8.28. The lowest BCUT2D eigenvalue weighted by Crippen LogP contribution is -2.47. The van der Waals surface area contributed by atoms with Gasteiger partial charge in [0.05, 0.1) is 5.69 Å². The zero-order valence-corrected chi connectivity index (χ0v) is 14.7. The van der Waals surface area contributed by atoms with Crippen LogP contribution in [0, 0.1) is 6.92 Å². The van der Waals surface area contributed by atoms with Crippen LogP contribution >= 0.6 is 11.3 Å². The monoisotopic (exact) mass is 340 g/mol. The van der Waals surface area contributed by atoms with Crippen LogP contribution in [0.25, 0.3) is 16.2 Å². The Morgan fingerprint density at radius 2 is 1.83 bits per heavy atom. The molecule has 0 N–H and O–H groups in total. The fraction of sp³-hybridized carbons (Fsp3) is 0.333. The van der Waals surface area contributed by atoms with E-state index in [4.69, 9.17) is 0 Å². The molecule has 1 saturated heterocycles. The van der Waals surface area contributed by atoms with Gasteiger partial charge in [0.1, 0.15) is 0 Å². The number of amides is 1. The predicted molar refractivity (Wildman–Crippen MR) is 96.6 cm³/mol. The van der Waals surface area contributed by atoms with Gasteiger partial charge in [-0.3, -0.25) is 9.20 Å². The molecule has 0 atom stereocenters. The first-order valence-electron chi connectivity index (χ1n) is 8.14. The number of carbonyl (C=O) groups is 1. The predicted octanol–water partition coefficient (Wildman–Crippen LogP) is 2.76. The lowest BCUT2D eigenvalue weighted by Gasteiger charge is -2.32. The lowest BCUT2D eigenvalue weighted by molar-refractivity contribution is 0.0660. The van der Waals surface area contributed by atoms with Crippen molar-refractivity contribution in [3.8, 4) is 11.3 Å². The number of carbonyl (C=O) groups excluding carboxylic acids is 1. The Bertz CT molecular complexity index is 872. The number of rotatable bonds is 2. The van der Waals surface area contributed by atoms with Gasteiger partial charge in [-0.1, -0.05) is 29.8 Å². The maximum absolute atomic E-state index is 13.1. The largest absolute Gasteiger partial charge is 0.335 e. The maximum atomic E-state index is 13.1. The first-order chi connectivity index (χ1) is 11.6. The first kappa shape index (κ1) is 15.4. The summed E-state index contributed by atoms with van der Waals surface area (Å²) in [5, 5.41) is 2.00. The van der Waals surface area contributed by atoms with Crippen molar-refractivity contribution in [1.82, 2.24) is 19.2 Å². The molecule has 0 unspecified atom stereocenters. The molecule has 1 aliphatic rings. The summed E-state index contributed by atoms with van der Waals surface area (Å²) in [7, 11) is 2.09. The van der Waals surface area contributed by atoms with Crippen LogP contribution in [0.3, 0.4) is 0 Å². The van der Waals surface area contributed by atoms with Crippen LogP contribution in [0.2, 0.25) is 0 Å². The van der Waals surface area contributed by atoms with Gasteiger partial charge in [0, 0.05) is 43.3 Å². The highest BCUT2D eigenvalue weighted by molar-refractivity contribution is 7.15. The van der Waals surface area contributed by atoms with Crippen LogP contribution in [-0.4, -0.2) is 58.3 Å². The van der Waals surface area contributed by atoms with E-state index in [1.807, 2.05) is 20.9 Å². The van der Waals surface area contributed by atoms with Crippen molar-refractivity contribution < 1.29 is 4.79 Å². The van der Waals surface area contributed by atoms with Gasteiger partial charge in [-0.15, -0.1) is 11.3 Å². The Labute approximate surface area is 145 Å². The first-order valence-corrected chi connectivity index (χ1v) is 9.02. The summed E-state index contributed by atoms with van der Waals surface area (Å²) in [6.45, 7) is 5.40. The Balaban J connectivity index is 1.77. The third-order valence-corrected chi connectivity index (χ3v) is 5.34. The minimum atomic E-state index is 0.0366. The average Bonchev–Trinajstić information content (AvgIpc) is 3.17. The van der Waals surface area contributed by atoms with E-state index in [-0.39, 0.29) is 5.91 Å². The number of likely N-dealkylation sites (N-methyl/N-ethyl adjacent to an activating group) is 1. The third kappa shape index (κ3) is 2.61. The van der Waals surface area contributed by atoms with E-state index in [2.05, 4.69) is 48.1 Å². The van der Waals surface area contributed by atoms with Gasteiger partial charge in [0.2, 0.25) is 0 Å². The molecule has 0 spiro atoms. The molecule has 0 bridgehead atoms. The smallest absolute Gasteiger partial charge is 0.274 e. The van der Waals surface area contributed by atoms with Crippen molar-refractivity contribution in [1.29, 1.82) is 0 Å². The zero-order valence-electron chi connectivity index (χ0n) is 13.9. The van der Waals surface area contributed by atoms with Crippen LogP contribution in [0.15, 0.2) is 35.8 Å². The maximum Gasteiger partial charge on any atom is 0.274 e. The molecule has 4 rings (SSSR count). The summed E-state index contributed by atoms with van der Waals surface area (Å²) >= 11 is 1.56. The molecule has 5 nitrogen and oxygen atoms in total. The van der Waals surface area contributed by atoms with Gasteiger partial charge < -0.3 is 9.80 Å². The molecule has 0 aliphatic carbocycles. The van der Waals surface area contributed by atoms with E-state index in [9.17, 15) is 4.79 Å². The molecule has 3 heterocycles. The highest BCUT2D eigenvalue weighted by Crippen LogP contribution is 2.29. The van der Waals surface area contributed by atoms with E-state index < -0.39 is 0 Å². The fourth-order valence-electron chi connectivity index (χ4n) is 3.08.